The molecule has 34 heavy (non-hydrogen) atoms. The summed E-state index contributed by atoms with van der Waals surface area (Å²) in [6.45, 7) is 1.47. The van der Waals surface area contributed by atoms with Crippen LogP contribution in [0.25, 0.3) is 11.1 Å². The number of piperidine rings is 1. The molecule has 6 nitrogen and oxygen atoms in total. The van der Waals surface area contributed by atoms with Crippen molar-refractivity contribution in [3.63, 3.8) is 0 Å². The van der Waals surface area contributed by atoms with E-state index >= 15 is 0 Å². The minimum absolute atomic E-state index is 0.0570. The fourth-order valence-corrected chi connectivity index (χ4v) is 6.54. The van der Waals surface area contributed by atoms with Gasteiger partial charge in [-0.1, -0.05) is 23.2 Å². The fraction of sp³-hybridized carbons (Fsp3) is 0.435. The number of rotatable bonds is 6. The molecule has 4 rings (SSSR count). The van der Waals surface area contributed by atoms with Crippen molar-refractivity contribution in [2.24, 2.45) is 5.92 Å². The van der Waals surface area contributed by atoms with Crippen molar-refractivity contribution >= 4 is 56.0 Å². The number of sulfone groups is 1. The number of nitrogens with zero attached hydrogens (tertiary/aromatic N) is 1. The molecule has 1 heterocycles. The van der Waals surface area contributed by atoms with Gasteiger partial charge in [0, 0.05) is 49.7 Å². The topological polar surface area (TPSA) is 92.5 Å². The van der Waals surface area contributed by atoms with Gasteiger partial charge in [-0.25, -0.2) is 17.2 Å². The minimum atomic E-state index is -3.54. The van der Waals surface area contributed by atoms with Crippen LogP contribution in [0.5, 0.6) is 0 Å². The number of hydrogen-bond acceptors (Lipinski definition) is 5. The maximum Gasteiger partial charge on any atom is 0.251 e. The summed E-state index contributed by atoms with van der Waals surface area (Å²) in [6, 6.07) is 5.96. The quantitative estimate of drug-likeness (QED) is 0.472. The van der Waals surface area contributed by atoms with Crippen LogP contribution in [0.3, 0.4) is 0 Å². The molecule has 0 unspecified atom stereocenters. The zero-order chi connectivity index (χ0) is 24.8. The first kappa shape index (κ1) is 25.0. The molecule has 1 saturated heterocycles. The average Bonchev–Trinajstić information content (AvgIpc) is 3.55. The zero-order valence-electron chi connectivity index (χ0n) is 18.5. The molecule has 184 valence electrons. The van der Waals surface area contributed by atoms with Gasteiger partial charge in [0.15, 0.2) is 9.84 Å². The standard InChI is InChI=1S/C23H25Cl2F2N3O3S/c1-13(31)29-19-5-4-15(34(32,33)12-14-2-3-14)10-16(19)17-11-18(24)22(20(25)21(17)28)30-8-6-23(26,27)7-9-30/h4-5,10-11,14H,2-3,6-9,12,28H2,1H3,(H,29,31). The summed E-state index contributed by atoms with van der Waals surface area (Å²) in [5, 5.41) is 2.97. The first-order chi connectivity index (χ1) is 15.9. The van der Waals surface area contributed by atoms with E-state index in [0.29, 0.717) is 22.5 Å². The molecule has 0 atom stereocenters. The van der Waals surface area contributed by atoms with Crippen LogP contribution in [-0.4, -0.2) is 39.1 Å². The number of benzene rings is 2. The lowest BCUT2D eigenvalue weighted by Gasteiger charge is -2.35. The number of carbonyl (C=O) groups excluding carboxylic acids is 1. The van der Waals surface area contributed by atoms with E-state index in [1.807, 2.05) is 0 Å². The van der Waals surface area contributed by atoms with Gasteiger partial charge in [-0.3, -0.25) is 4.79 Å². The lowest BCUT2D eigenvalue weighted by atomic mass is 9.99. The average molecular weight is 532 g/mol. The molecule has 11 heteroatoms. The van der Waals surface area contributed by atoms with Gasteiger partial charge in [-0.15, -0.1) is 0 Å². The molecule has 1 saturated carbocycles. The van der Waals surface area contributed by atoms with Crippen LogP contribution in [0.4, 0.5) is 25.8 Å². The number of nitrogens with two attached hydrogens (primary N) is 1. The molecule has 2 aromatic rings. The minimum Gasteiger partial charge on any atom is -0.397 e. The lowest BCUT2D eigenvalue weighted by Crippen LogP contribution is -2.39. The van der Waals surface area contributed by atoms with Crippen molar-refractivity contribution in [2.45, 2.75) is 43.4 Å². The van der Waals surface area contributed by atoms with Crippen molar-refractivity contribution in [2.75, 3.05) is 34.8 Å². The Morgan fingerprint density at radius 1 is 1.18 bits per heavy atom. The van der Waals surface area contributed by atoms with Crippen molar-refractivity contribution in [1.82, 2.24) is 0 Å². The molecule has 3 N–H and O–H groups in total. The number of nitrogen functional groups attached to an aromatic ring is 1. The van der Waals surface area contributed by atoms with E-state index in [9.17, 15) is 22.0 Å². The van der Waals surface area contributed by atoms with Gasteiger partial charge in [0.05, 0.1) is 32.1 Å². The Morgan fingerprint density at radius 3 is 2.41 bits per heavy atom. The van der Waals surface area contributed by atoms with Crippen LogP contribution >= 0.6 is 23.2 Å². The monoisotopic (exact) mass is 531 g/mol. The van der Waals surface area contributed by atoms with Crippen molar-refractivity contribution < 1.29 is 22.0 Å². The second kappa shape index (κ2) is 9.17. The molecule has 1 aliphatic heterocycles. The van der Waals surface area contributed by atoms with Crippen LogP contribution in [0.15, 0.2) is 29.2 Å². The van der Waals surface area contributed by atoms with Gasteiger partial charge in [0.1, 0.15) is 0 Å². The fourth-order valence-electron chi connectivity index (χ4n) is 4.12. The van der Waals surface area contributed by atoms with E-state index in [-0.39, 0.29) is 64.1 Å². The van der Waals surface area contributed by atoms with Gasteiger partial charge in [0.25, 0.3) is 5.92 Å². The van der Waals surface area contributed by atoms with Crippen LogP contribution in [0.1, 0.15) is 32.6 Å². The van der Waals surface area contributed by atoms with Crippen molar-refractivity contribution in [1.29, 1.82) is 0 Å². The SMILES string of the molecule is CC(=O)Nc1ccc(S(=O)(=O)CC2CC2)cc1-c1cc(Cl)c(N2CCC(F)(F)CC2)c(Cl)c1N. The highest BCUT2D eigenvalue weighted by Gasteiger charge is 2.36. The molecule has 1 amide bonds. The Labute approximate surface area is 207 Å². The maximum atomic E-state index is 13.6. The lowest BCUT2D eigenvalue weighted by molar-refractivity contribution is -0.114. The Balaban J connectivity index is 1.79. The predicted octanol–water partition coefficient (Wildman–Crippen LogP) is 5.62. The Hall–Kier alpha value is -2.10. The summed E-state index contributed by atoms with van der Waals surface area (Å²) in [5.74, 6) is -2.87. The number of carbonyl (C=O) groups is 1. The molecular formula is C23H25Cl2F2N3O3S. The summed E-state index contributed by atoms with van der Waals surface area (Å²) in [4.78, 5) is 13.6. The van der Waals surface area contributed by atoms with Crippen LogP contribution < -0.4 is 16.0 Å². The Morgan fingerprint density at radius 2 is 1.82 bits per heavy atom. The number of nitrogens with one attached hydrogen (secondary N) is 1. The Bertz CT molecular complexity index is 1240. The summed E-state index contributed by atoms with van der Waals surface area (Å²) in [6.07, 6.45) is 1.13. The number of alkyl halides is 2. The zero-order valence-corrected chi connectivity index (χ0v) is 20.8. The largest absolute Gasteiger partial charge is 0.397 e. The van der Waals surface area contributed by atoms with Gasteiger partial charge in [-0.05, 0) is 43.0 Å². The maximum absolute atomic E-state index is 13.6. The van der Waals surface area contributed by atoms with E-state index in [0.717, 1.165) is 12.8 Å². The summed E-state index contributed by atoms with van der Waals surface area (Å²) < 4.78 is 53.0. The third-order valence-electron chi connectivity index (χ3n) is 6.15. The first-order valence-electron chi connectivity index (χ1n) is 10.9. The van der Waals surface area contributed by atoms with E-state index in [1.54, 1.807) is 4.90 Å². The molecule has 2 fully saturated rings. The van der Waals surface area contributed by atoms with E-state index < -0.39 is 15.8 Å². The number of hydrogen-bond donors (Lipinski definition) is 2. The molecule has 0 bridgehead atoms. The summed E-state index contributed by atoms with van der Waals surface area (Å²) in [7, 11) is -3.54. The molecule has 0 aromatic heterocycles. The van der Waals surface area contributed by atoms with Crippen molar-refractivity contribution in [3.05, 3.63) is 34.3 Å². The van der Waals surface area contributed by atoms with Gasteiger partial charge in [0.2, 0.25) is 5.91 Å². The highest BCUT2D eigenvalue weighted by Crippen LogP contribution is 2.47. The first-order valence-corrected chi connectivity index (χ1v) is 13.3. The molecule has 0 spiro atoms. The highest BCUT2D eigenvalue weighted by atomic mass is 35.5. The highest BCUT2D eigenvalue weighted by molar-refractivity contribution is 7.91. The van der Waals surface area contributed by atoms with Gasteiger partial charge in [-0.2, -0.15) is 0 Å². The van der Waals surface area contributed by atoms with E-state index in [1.165, 1.54) is 31.2 Å². The second-order valence-electron chi connectivity index (χ2n) is 8.94. The third-order valence-corrected chi connectivity index (χ3v) is 8.70. The molecule has 1 aliphatic carbocycles. The number of halogens is 4. The van der Waals surface area contributed by atoms with E-state index in [2.05, 4.69) is 5.32 Å². The summed E-state index contributed by atoms with van der Waals surface area (Å²) in [5.41, 5.74) is 7.88. The number of anilines is 3. The molecule has 2 aromatic carbocycles. The smallest absolute Gasteiger partial charge is 0.251 e. The van der Waals surface area contributed by atoms with Crippen LogP contribution in [-0.2, 0) is 14.6 Å². The molecule has 2 aliphatic rings. The third kappa shape index (κ3) is 5.26. The molecular weight excluding hydrogens is 507 g/mol. The van der Waals surface area contributed by atoms with Gasteiger partial charge < -0.3 is 16.0 Å². The van der Waals surface area contributed by atoms with Crippen molar-refractivity contribution in [3.8, 4) is 11.1 Å². The van der Waals surface area contributed by atoms with Crippen LogP contribution in [0.2, 0.25) is 10.0 Å². The summed E-state index contributed by atoms with van der Waals surface area (Å²) >= 11 is 13.1. The molecule has 0 radical (unpaired) electrons. The Kier molecular flexibility index (Phi) is 6.74. The van der Waals surface area contributed by atoms with E-state index in [4.69, 9.17) is 28.9 Å². The van der Waals surface area contributed by atoms with Crippen LogP contribution in [0, 0.1) is 5.92 Å². The second-order valence-corrected chi connectivity index (χ2v) is 11.8. The predicted molar refractivity (Wildman–Crippen MR) is 132 cm³/mol. The number of amides is 1. The van der Waals surface area contributed by atoms with Gasteiger partial charge >= 0.3 is 0 Å². The normalized spacial score (nSPS) is 18.1.